The molecular weight excluding hydrogens is 256 g/mol. The number of hydrogen-bond donors (Lipinski definition) is 0. The number of nitrogens with zero attached hydrogens (tertiary/aromatic N) is 2. The van der Waals surface area contributed by atoms with Gasteiger partial charge in [0.1, 0.15) is 7.05 Å². The van der Waals surface area contributed by atoms with Crippen LogP contribution in [0.15, 0.2) is 60.8 Å². The highest BCUT2D eigenvalue weighted by atomic mass is 14.9. The van der Waals surface area contributed by atoms with E-state index in [0.717, 1.165) is 5.56 Å². The quantitative estimate of drug-likeness (QED) is 0.653. The number of para-hydroxylation sites is 1. The Balaban J connectivity index is 1.99. The van der Waals surface area contributed by atoms with Crippen LogP contribution in [0, 0.1) is 11.3 Å². The first-order chi connectivity index (χ1) is 10.3. The Morgan fingerprint density at radius 2 is 1.71 bits per heavy atom. The van der Waals surface area contributed by atoms with Gasteiger partial charge in [-0.1, -0.05) is 36.4 Å². The van der Waals surface area contributed by atoms with Gasteiger partial charge in [-0.25, -0.2) is 4.57 Å². The molecule has 2 nitrogen and oxygen atoms in total. The second kappa shape index (κ2) is 5.60. The van der Waals surface area contributed by atoms with Crippen LogP contribution in [-0.4, -0.2) is 0 Å². The minimum absolute atomic E-state index is 0.685. The highest BCUT2D eigenvalue weighted by molar-refractivity contribution is 5.88. The van der Waals surface area contributed by atoms with E-state index in [2.05, 4.69) is 66.4 Å². The average molecular weight is 271 g/mol. The summed E-state index contributed by atoms with van der Waals surface area (Å²) in [7, 11) is 2.05. The van der Waals surface area contributed by atoms with Crippen LogP contribution in [0.5, 0.6) is 0 Å². The monoisotopic (exact) mass is 271 g/mol. The molecule has 0 amide bonds. The highest BCUT2D eigenvalue weighted by Crippen LogP contribution is 2.17. The van der Waals surface area contributed by atoms with Gasteiger partial charge in [0.25, 0.3) is 0 Å². The molecule has 0 aliphatic carbocycles. The predicted octanol–water partition coefficient (Wildman–Crippen LogP) is 3.71. The molecule has 0 saturated heterocycles. The van der Waals surface area contributed by atoms with Gasteiger partial charge < -0.3 is 0 Å². The molecule has 0 aliphatic heterocycles. The number of nitriles is 1. The number of fused-ring (bicyclic) bond motifs is 1. The molecule has 0 fully saturated rings. The minimum atomic E-state index is 0.685. The Morgan fingerprint density at radius 3 is 2.48 bits per heavy atom. The second-order valence-corrected chi connectivity index (χ2v) is 4.97. The minimum Gasteiger partial charge on any atom is -0.201 e. The standard InChI is InChI=1S/C19H15N2/c1-21-13-12-17(18-4-2-3-5-19(18)21)11-10-15-6-8-16(14-20)9-7-15/h2-13H,1H3/q+1/b11-10+. The van der Waals surface area contributed by atoms with Crippen LogP contribution in [0.4, 0.5) is 0 Å². The van der Waals surface area contributed by atoms with Crippen LogP contribution in [0.3, 0.4) is 0 Å². The topological polar surface area (TPSA) is 27.7 Å². The van der Waals surface area contributed by atoms with E-state index < -0.39 is 0 Å². The van der Waals surface area contributed by atoms with Gasteiger partial charge in [-0.2, -0.15) is 5.26 Å². The summed E-state index contributed by atoms with van der Waals surface area (Å²) in [5.41, 5.74) is 4.17. The fourth-order valence-corrected chi connectivity index (χ4v) is 2.39. The van der Waals surface area contributed by atoms with Gasteiger partial charge in [-0.15, -0.1) is 0 Å². The zero-order valence-corrected chi connectivity index (χ0v) is 11.8. The van der Waals surface area contributed by atoms with Crippen LogP contribution in [0.1, 0.15) is 16.7 Å². The Labute approximate surface area is 124 Å². The lowest BCUT2D eigenvalue weighted by Gasteiger charge is -2.00. The fourth-order valence-electron chi connectivity index (χ4n) is 2.39. The van der Waals surface area contributed by atoms with Gasteiger partial charge in [-0.05, 0) is 29.3 Å². The molecule has 1 aromatic heterocycles. The molecule has 0 atom stereocenters. The molecule has 3 aromatic rings. The molecule has 0 N–H and O–H groups in total. The zero-order valence-electron chi connectivity index (χ0n) is 11.8. The van der Waals surface area contributed by atoms with Crippen molar-refractivity contribution in [3.05, 3.63) is 77.5 Å². The van der Waals surface area contributed by atoms with Crippen molar-refractivity contribution in [3.8, 4) is 6.07 Å². The summed E-state index contributed by atoms with van der Waals surface area (Å²) in [4.78, 5) is 0. The van der Waals surface area contributed by atoms with Crippen molar-refractivity contribution in [1.29, 1.82) is 5.26 Å². The van der Waals surface area contributed by atoms with E-state index in [1.807, 2.05) is 24.3 Å². The van der Waals surface area contributed by atoms with E-state index in [0.29, 0.717) is 5.56 Å². The fraction of sp³-hybridized carbons (Fsp3) is 0.0526. The number of rotatable bonds is 2. The first kappa shape index (κ1) is 13.1. The van der Waals surface area contributed by atoms with Gasteiger partial charge in [0.05, 0.1) is 17.0 Å². The highest BCUT2D eigenvalue weighted by Gasteiger charge is 2.06. The molecule has 0 radical (unpaired) electrons. The second-order valence-electron chi connectivity index (χ2n) is 4.97. The maximum atomic E-state index is 8.81. The number of pyridine rings is 1. The molecule has 0 bridgehead atoms. The predicted molar refractivity (Wildman–Crippen MR) is 85.2 cm³/mol. The molecular formula is C19H15N2+. The molecule has 0 saturated carbocycles. The van der Waals surface area contributed by atoms with Crippen molar-refractivity contribution in [1.82, 2.24) is 0 Å². The van der Waals surface area contributed by atoms with Crippen molar-refractivity contribution in [3.63, 3.8) is 0 Å². The summed E-state index contributed by atoms with van der Waals surface area (Å²) in [6.45, 7) is 0. The summed E-state index contributed by atoms with van der Waals surface area (Å²) >= 11 is 0. The van der Waals surface area contributed by atoms with Gasteiger partial charge in [0.2, 0.25) is 5.52 Å². The molecule has 0 unspecified atom stereocenters. The molecule has 0 spiro atoms. The Hall–Kier alpha value is -2.92. The third-order valence-electron chi connectivity index (χ3n) is 3.57. The van der Waals surface area contributed by atoms with E-state index in [1.165, 1.54) is 16.5 Å². The number of benzene rings is 2. The van der Waals surface area contributed by atoms with E-state index in [9.17, 15) is 0 Å². The summed E-state index contributed by atoms with van der Waals surface area (Å²) in [5, 5.41) is 10.0. The van der Waals surface area contributed by atoms with Crippen molar-refractivity contribution < 1.29 is 4.57 Å². The number of hydrogen-bond acceptors (Lipinski definition) is 1. The maximum absolute atomic E-state index is 8.81. The summed E-state index contributed by atoms with van der Waals surface area (Å²) in [5.74, 6) is 0. The SMILES string of the molecule is C[n+]1ccc(/C=C/c2ccc(C#N)cc2)c2ccccc21. The van der Waals surface area contributed by atoms with E-state index in [1.54, 1.807) is 0 Å². The van der Waals surface area contributed by atoms with Crippen LogP contribution >= 0.6 is 0 Å². The van der Waals surface area contributed by atoms with Crippen LogP contribution in [-0.2, 0) is 7.05 Å². The van der Waals surface area contributed by atoms with Gasteiger partial charge in [-0.3, -0.25) is 0 Å². The summed E-state index contributed by atoms with van der Waals surface area (Å²) in [6.07, 6.45) is 6.26. The Morgan fingerprint density at radius 1 is 0.952 bits per heavy atom. The lowest BCUT2D eigenvalue weighted by atomic mass is 10.1. The molecule has 100 valence electrons. The first-order valence-electron chi connectivity index (χ1n) is 6.83. The van der Waals surface area contributed by atoms with Gasteiger partial charge >= 0.3 is 0 Å². The maximum Gasteiger partial charge on any atom is 0.212 e. The lowest BCUT2D eigenvalue weighted by molar-refractivity contribution is -0.644. The molecule has 2 heteroatoms. The molecule has 3 rings (SSSR count). The summed E-state index contributed by atoms with van der Waals surface area (Å²) < 4.78 is 2.12. The van der Waals surface area contributed by atoms with Crippen molar-refractivity contribution in [2.45, 2.75) is 0 Å². The number of aromatic nitrogens is 1. The largest absolute Gasteiger partial charge is 0.212 e. The normalized spacial score (nSPS) is 10.9. The molecule has 21 heavy (non-hydrogen) atoms. The van der Waals surface area contributed by atoms with Crippen molar-refractivity contribution in [2.24, 2.45) is 7.05 Å². The molecule has 0 aliphatic rings. The average Bonchev–Trinajstić information content (AvgIpc) is 2.55. The van der Waals surface area contributed by atoms with Gasteiger partial charge in [0, 0.05) is 12.1 Å². The Bertz CT molecular complexity index is 853. The van der Waals surface area contributed by atoms with Gasteiger partial charge in [0.15, 0.2) is 6.20 Å². The number of aryl methyl sites for hydroxylation is 1. The van der Waals surface area contributed by atoms with E-state index in [-0.39, 0.29) is 0 Å². The van der Waals surface area contributed by atoms with Crippen LogP contribution in [0.25, 0.3) is 23.1 Å². The smallest absolute Gasteiger partial charge is 0.201 e. The van der Waals surface area contributed by atoms with E-state index in [4.69, 9.17) is 5.26 Å². The zero-order chi connectivity index (χ0) is 14.7. The first-order valence-corrected chi connectivity index (χ1v) is 6.83. The summed E-state index contributed by atoms with van der Waals surface area (Å²) in [6, 6.07) is 20.2. The third-order valence-corrected chi connectivity index (χ3v) is 3.57. The van der Waals surface area contributed by atoms with Crippen molar-refractivity contribution in [2.75, 3.05) is 0 Å². The van der Waals surface area contributed by atoms with Crippen molar-refractivity contribution >= 4 is 23.1 Å². The lowest BCUT2D eigenvalue weighted by Crippen LogP contribution is -2.28. The third kappa shape index (κ3) is 2.68. The van der Waals surface area contributed by atoms with Crippen LogP contribution in [0.2, 0.25) is 0 Å². The molecule has 1 heterocycles. The Kier molecular flexibility index (Phi) is 3.49. The van der Waals surface area contributed by atoms with Crippen LogP contribution < -0.4 is 4.57 Å². The van der Waals surface area contributed by atoms with E-state index >= 15 is 0 Å². The molecule has 2 aromatic carbocycles.